The highest BCUT2D eigenvalue weighted by molar-refractivity contribution is 7.09. The minimum atomic E-state index is -0.0683. The van der Waals surface area contributed by atoms with E-state index in [0.717, 1.165) is 22.0 Å². The highest BCUT2D eigenvalue weighted by Crippen LogP contribution is 2.15. The maximum Gasteiger partial charge on any atom is 0.230 e. The van der Waals surface area contributed by atoms with Crippen LogP contribution in [0.2, 0.25) is 0 Å². The van der Waals surface area contributed by atoms with Crippen LogP contribution in [-0.4, -0.2) is 10.9 Å². The molecule has 0 saturated heterocycles. The minimum absolute atomic E-state index is 0.0683. The Balaban J connectivity index is 2.03. The summed E-state index contributed by atoms with van der Waals surface area (Å²) >= 11 is 1.55. The van der Waals surface area contributed by atoms with Gasteiger partial charge in [-0.1, -0.05) is 18.2 Å². The van der Waals surface area contributed by atoms with Crippen molar-refractivity contribution in [1.82, 2.24) is 4.98 Å². The summed E-state index contributed by atoms with van der Waals surface area (Å²) < 4.78 is 0. The summed E-state index contributed by atoms with van der Waals surface area (Å²) in [5, 5.41) is 5.74. The Labute approximate surface area is 110 Å². The van der Waals surface area contributed by atoms with Crippen LogP contribution >= 0.6 is 11.3 Å². The minimum Gasteiger partial charge on any atom is -0.326 e. The van der Waals surface area contributed by atoms with E-state index in [4.69, 9.17) is 5.73 Å². The molecule has 0 radical (unpaired) electrons. The molecule has 1 aromatic carbocycles. The van der Waals surface area contributed by atoms with Crippen LogP contribution in [0.25, 0.3) is 0 Å². The molecule has 3 N–H and O–H groups in total. The summed E-state index contributed by atoms with van der Waals surface area (Å²) in [4.78, 5) is 16.1. The maximum atomic E-state index is 11.9. The number of nitrogens with zero attached hydrogens (tertiary/aromatic N) is 1. The zero-order valence-electron chi connectivity index (χ0n) is 10.1. The van der Waals surface area contributed by atoms with Crippen molar-refractivity contribution in [3.8, 4) is 0 Å². The number of rotatable bonds is 4. The highest BCUT2D eigenvalue weighted by atomic mass is 32.1. The fraction of sp³-hybridized carbons (Fsp3) is 0.231. The van der Waals surface area contributed by atoms with Crippen LogP contribution in [0.4, 0.5) is 5.69 Å². The van der Waals surface area contributed by atoms with Gasteiger partial charge in [-0.05, 0) is 18.6 Å². The van der Waals surface area contributed by atoms with Crippen LogP contribution in [-0.2, 0) is 17.8 Å². The third-order valence-electron chi connectivity index (χ3n) is 2.52. The lowest BCUT2D eigenvalue weighted by Gasteiger charge is -2.08. The normalized spacial score (nSPS) is 10.3. The van der Waals surface area contributed by atoms with E-state index in [9.17, 15) is 4.79 Å². The molecule has 2 rings (SSSR count). The Kier molecular flexibility index (Phi) is 4.07. The van der Waals surface area contributed by atoms with Gasteiger partial charge >= 0.3 is 0 Å². The van der Waals surface area contributed by atoms with E-state index >= 15 is 0 Å². The summed E-state index contributed by atoms with van der Waals surface area (Å²) in [5.74, 6) is -0.0683. The summed E-state index contributed by atoms with van der Waals surface area (Å²) in [5.41, 5.74) is 8.13. The number of thiazole rings is 1. The van der Waals surface area contributed by atoms with Gasteiger partial charge in [-0.15, -0.1) is 11.3 Å². The lowest BCUT2D eigenvalue weighted by atomic mass is 10.1. The molecule has 0 unspecified atom stereocenters. The number of hydrogen-bond acceptors (Lipinski definition) is 4. The van der Waals surface area contributed by atoms with Gasteiger partial charge in [-0.2, -0.15) is 0 Å². The molecule has 0 bridgehead atoms. The van der Waals surface area contributed by atoms with Crippen LogP contribution < -0.4 is 11.1 Å². The van der Waals surface area contributed by atoms with Crippen molar-refractivity contribution in [3.05, 3.63) is 45.9 Å². The van der Waals surface area contributed by atoms with Crippen LogP contribution in [0, 0.1) is 6.92 Å². The topological polar surface area (TPSA) is 68.0 Å². The number of aryl methyl sites for hydroxylation is 1. The van der Waals surface area contributed by atoms with E-state index in [0.29, 0.717) is 13.0 Å². The van der Waals surface area contributed by atoms with Crippen LogP contribution in [0.3, 0.4) is 0 Å². The predicted molar refractivity (Wildman–Crippen MR) is 73.5 cm³/mol. The first kappa shape index (κ1) is 12.7. The molecule has 0 spiro atoms. The molecule has 94 valence electrons. The molecule has 1 amide bonds. The Morgan fingerprint density at radius 3 is 2.89 bits per heavy atom. The second kappa shape index (κ2) is 5.75. The van der Waals surface area contributed by atoms with E-state index in [-0.39, 0.29) is 5.91 Å². The van der Waals surface area contributed by atoms with Gasteiger partial charge in [0.15, 0.2) is 0 Å². The van der Waals surface area contributed by atoms with Gasteiger partial charge in [0.1, 0.15) is 0 Å². The Morgan fingerprint density at radius 1 is 1.44 bits per heavy atom. The number of hydrogen-bond donors (Lipinski definition) is 2. The fourth-order valence-corrected chi connectivity index (χ4v) is 2.28. The molecule has 1 heterocycles. The maximum absolute atomic E-state index is 11.9. The monoisotopic (exact) mass is 261 g/mol. The molecule has 1 aromatic heterocycles. The van der Waals surface area contributed by atoms with Gasteiger partial charge in [0.2, 0.25) is 5.91 Å². The number of nitrogens with two attached hydrogens (primary N) is 1. The smallest absolute Gasteiger partial charge is 0.230 e. The number of nitrogens with one attached hydrogen (secondary N) is 1. The second-order valence-corrected chi connectivity index (χ2v) is 5.01. The molecule has 0 aliphatic rings. The first-order chi connectivity index (χ1) is 8.69. The molecule has 0 aliphatic carbocycles. The molecular formula is C13H15N3OS. The number of benzene rings is 1. The van der Waals surface area contributed by atoms with Gasteiger partial charge in [-0.3, -0.25) is 4.79 Å². The van der Waals surface area contributed by atoms with E-state index < -0.39 is 0 Å². The quantitative estimate of drug-likeness (QED) is 0.885. The number of aromatic nitrogens is 1. The molecular weight excluding hydrogens is 246 g/mol. The van der Waals surface area contributed by atoms with E-state index in [1.54, 1.807) is 11.3 Å². The summed E-state index contributed by atoms with van der Waals surface area (Å²) in [7, 11) is 0. The van der Waals surface area contributed by atoms with Gasteiger partial charge < -0.3 is 11.1 Å². The number of carbonyl (C=O) groups is 1. The van der Waals surface area contributed by atoms with Crippen LogP contribution in [0.5, 0.6) is 0 Å². The largest absolute Gasteiger partial charge is 0.326 e. The number of amides is 1. The summed E-state index contributed by atoms with van der Waals surface area (Å²) in [6, 6.07) is 7.54. The molecule has 0 aliphatic heterocycles. The zero-order chi connectivity index (χ0) is 13.0. The molecule has 0 saturated carbocycles. The number of anilines is 1. The van der Waals surface area contributed by atoms with E-state index in [1.165, 1.54) is 0 Å². The summed E-state index contributed by atoms with van der Waals surface area (Å²) in [6.45, 7) is 2.34. The number of carbonyl (C=O) groups excluding carboxylic acids is 1. The Hall–Kier alpha value is -1.72. The average Bonchev–Trinajstić information content (AvgIpc) is 2.75. The van der Waals surface area contributed by atoms with E-state index in [2.05, 4.69) is 10.3 Å². The van der Waals surface area contributed by atoms with Crippen LogP contribution in [0.15, 0.2) is 29.6 Å². The molecule has 2 aromatic rings. The molecule has 0 atom stereocenters. The van der Waals surface area contributed by atoms with Crippen molar-refractivity contribution >= 4 is 22.9 Å². The van der Waals surface area contributed by atoms with Crippen molar-refractivity contribution in [2.45, 2.75) is 19.9 Å². The average molecular weight is 261 g/mol. The second-order valence-electron chi connectivity index (χ2n) is 3.94. The third kappa shape index (κ3) is 3.15. The number of para-hydroxylation sites is 1. The van der Waals surface area contributed by atoms with Gasteiger partial charge in [0, 0.05) is 17.6 Å². The standard InChI is InChI=1S/C13H15N3OS/c1-9-15-11(8-18-9)6-13(17)16-12-5-3-2-4-10(12)7-14/h2-5,8H,6-7,14H2,1H3,(H,16,17). The van der Waals surface area contributed by atoms with Crippen molar-refractivity contribution < 1.29 is 4.79 Å². The lowest BCUT2D eigenvalue weighted by Crippen LogP contribution is -2.16. The Bertz CT molecular complexity index is 551. The molecule has 18 heavy (non-hydrogen) atoms. The van der Waals surface area contributed by atoms with Gasteiger partial charge in [0.25, 0.3) is 0 Å². The van der Waals surface area contributed by atoms with Gasteiger partial charge in [-0.25, -0.2) is 4.98 Å². The Morgan fingerprint density at radius 2 is 2.22 bits per heavy atom. The van der Waals surface area contributed by atoms with Gasteiger partial charge in [0.05, 0.1) is 17.1 Å². The lowest BCUT2D eigenvalue weighted by molar-refractivity contribution is -0.115. The molecule has 4 nitrogen and oxygen atoms in total. The zero-order valence-corrected chi connectivity index (χ0v) is 11.0. The first-order valence-electron chi connectivity index (χ1n) is 5.68. The molecule has 0 fully saturated rings. The fourth-order valence-electron chi connectivity index (χ4n) is 1.67. The SMILES string of the molecule is Cc1nc(CC(=O)Nc2ccccc2CN)cs1. The third-order valence-corrected chi connectivity index (χ3v) is 3.34. The predicted octanol–water partition coefficient (Wildman–Crippen LogP) is 2.09. The van der Waals surface area contributed by atoms with Crippen LogP contribution in [0.1, 0.15) is 16.3 Å². The van der Waals surface area contributed by atoms with Crippen molar-refractivity contribution in [2.75, 3.05) is 5.32 Å². The molecule has 5 heteroatoms. The van der Waals surface area contributed by atoms with E-state index in [1.807, 2.05) is 36.6 Å². The van der Waals surface area contributed by atoms with Crippen molar-refractivity contribution in [1.29, 1.82) is 0 Å². The highest BCUT2D eigenvalue weighted by Gasteiger charge is 2.08. The van der Waals surface area contributed by atoms with Crippen molar-refractivity contribution in [3.63, 3.8) is 0 Å². The van der Waals surface area contributed by atoms with Crippen molar-refractivity contribution in [2.24, 2.45) is 5.73 Å². The first-order valence-corrected chi connectivity index (χ1v) is 6.56. The summed E-state index contributed by atoms with van der Waals surface area (Å²) in [6.07, 6.45) is 0.295.